The SMILES string of the molecule is CC(O)(CNC(=O)C1CCN(C2CCCCC2)C1)c1ccc(F)cc1. The van der Waals surface area contributed by atoms with Crippen molar-refractivity contribution in [2.75, 3.05) is 19.6 Å². The fourth-order valence-corrected chi connectivity index (χ4v) is 4.09. The Balaban J connectivity index is 1.49. The predicted molar refractivity (Wildman–Crippen MR) is 95.5 cm³/mol. The number of amides is 1. The molecule has 0 spiro atoms. The first-order valence-corrected chi connectivity index (χ1v) is 9.46. The lowest BCUT2D eigenvalue weighted by molar-refractivity contribution is -0.125. The van der Waals surface area contributed by atoms with Crippen LogP contribution >= 0.6 is 0 Å². The van der Waals surface area contributed by atoms with Crippen LogP contribution in [0, 0.1) is 11.7 Å². The molecule has 2 aliphatic rings. The molecule has 25 heavy (non-hydrogen) atoms. The second-order valence-corrected chi connectivity index (χ2v) is 7.77. The number of carbonyl (C=O) groups is 1. The van der Waals surface area contributed by atoms with Gasteiger partial charge in [0.15, 0.2) is 0 Å². The summed E-state index contributed by atoms with van der Waals surface area (Å²) in [5.74, 6) is -0.316. The maximum absolute atomic E-state index is 13.0. The number of halogens is 1. The Morgan fingerprint density at radius 3 is 2.60 bits per heavy atom. The number of nitrogens with zero attached hydrogens (tertiary/aromatic N) is 1. The van der Waals surface area contributed by atoms with Crippen LogP contribution in [0.4, 0.5) is 4.39 Å². The molecule has 1 aliphatic heterocycles. The van der Waals surface area contributed by atoms with Gasteiger partial charge in [-0.2, -0.15) is 0 Å². The fourth-order valence-electron chi connectivity index (χ4n) is 4.09. The molecule has 2 atom stereocenters. The number of hydrogen-bond donors (Lipinski definition) is 2. The van der Waals surface area contributed by atoms with Crippen LogP contribution in [0.15, 0.2) is 24.3 Å². The number of hydrogen-bond acceptors (Lipinski definition) is 3. The first-order valence-electron chi connectivity index (χ1n) is 9.46. The molecule has 1 saturated carbocycles. The molecular weight excluding hydrogens is 319 g/mol. The number of benzene rings is 1. The minimum atomic E-state index is -1.20. The molecule has 1 aromatic rings. The van der Waals surface area contributed by atoms with Crippen molar-refractivity contribution >= 4 is 5.91 Å². The zero-order chi connectivity index (χ0) is 17.9. The smallest absolute Gasteiger partial charge is 0.224 e. The van der Waals surface area contributed by atoms with Crippen LogP contribution < -0.4 is 5.32 Å². The van der Waals surface area contributed by atoms with Gasteiger partial charge < -0.3 is 10.4 Å². The molecular formula is C20H29FN2O2. The van der Waals surface area contributed by atoms with Gasteiger partial charge in [0.05, 0.1) is 12.5 Å². The van der Waals surface area contributed by atoms with Gasteiger partial charge >= 0.3 is 0 Å². The van der Waals surface area contributed by atoms with Gasteiger partial charge in [-0.05, 0) is 50.4 Å². The highest BCUT2D eigenvalue weighted by molar-refractivity contribution is 5.79. The summed E-state index contributed by atoms with van der Waals surface area (Å²) in [4.78, 5) is 15.0. The monoisotopic (exact) mass is 348 g/mol. The van der Waals surface area contributed by atoms with Crippen molar-refractivity contribution in [1.82, 2.24) is 10.2 Å². The minimum absolute atomic E-state index is 0.00550. The van der Waals surface area contributed by atoms with Crippen molar-refractivity contribution in [3.63, 3.8) is 0 Å². The van der Waals surface area contributed by atoms with Crippen molar-refractivity contribution < 1.29 is 14.3 Å². The Labute approximate surface area is 149 Å². The molecule has 3 rings (SSSR count). The van der Waals surface area contributed by atoms with Crippen molar-refractivity contribution in [2.45, 2.75) is 57.1 Å². The third-order valence-corrected chi connectivity index (χ3v) is 5.75. The number of likely N-dealkylation sites (tertiary alicyclic amines) is 1. The molecule has 138 valence electrons. The van der Waals surface area contributed by atoms with E-state index in [-0.39, 0.29) is 24.2 Å². The number of rotatable bonds is 5. The van der Waals surface area contributed by atoms with Crippen LogP contribution in [0.2, 0.25) is 0 Å². The lowest BCUT2D eigenvalue weighted by atomic mass is 9.94. The third kappa shape index (κ3) is 4.59. The lowest BCUT2D eigenvalue weighted by Gasteiger charge is -2.31. The average Bonchev–Trinajstić information content (AvgIpc) is 3.11. The van der Waals surface area contributed by atoms with Crippen LogP contribution in [0.1, 0.15) is 51.0 Å². The van der Waals surface area contributed by atoms with E-state index >= 15 is 0 Å². The summed E-state index contributed by atoms with van der Waals surface area (Å²) in [7, 11) is 0. The standard InChI is InChI=1S/C20H29FN2O2/c1-20(25,16-7-9-17(21)10-8-16)14-22-19(24)15-11-12-23(13-15)18-5-3-2-4-6-18/h7-10,15,18,25H,2-6,11-14H2,1H3,(H,22,24). The van der Waals surface area contributed by atoms with Gasteiger partial charge in [-0.15, -0.1) is 0 Å². The molecule has 1 aromatic carbocycles. The largest absolute Gasteiger partial charge is 0.384 e. The van der Waals surface area contributed by atoms with Crippen LogP contribution in [-0.2, 0) is 10.4 Å². The Morgan fingerprint density at radius 2 is 1.92 bits per heavy atom. The van der Waals surface area contributed by atoms with Gasteiger partial charge in [-0.1, -0.05) is 31.4 Å². The van der Waals surface area contributed by atoms with Crippen LogP contribution in [0.5, 0.6) is 0 Å². The van der Waals surface area contributed by atoms with E-state index in [1.165, 1.54) is 44.2 Å². The van der Waals surface area contributed by atoms with E-state index < -0.39 is 5.60 Å². The van der Waals surface area contributed by atoms with Gasteiger partial charge in [-0.3, -0.25) is 9.69 Å². The molecule has 0 radical (unpaired) electrons. The molecule has 0 bridgehead atoms. The predicted octanol–water partition coefficient (Wildman–Crippen LogP) is 2.80. The van der Waals surface area contributed by atoms with E-state index in [0.29, 0.717) is 11.6 Å². The van der Waals surface area contributed by atoms with E-state index in [0.717, 1.165) is 19.5 Å². The molecule has 1 saturated heterocycles. The van der Waals surface area contributed by atoms with Crippen LogP contribution in [0.25, 0.3) is 0 Å². The van der Waals surface area contributed by atoms with E-state index in [4.69, 9.17) is 0 Å². The topological polar surface area (TPSA) is 52.6 Å². The Morgan fingerprint density at radius 1 is 1.24 bits per heavy atom. The number of aliphatic hydroxyl groups is 1. The molecule has 4 nitrogen and oxygen atoms in total. The zero-order valence-electron chi connectivity index (χ0n) is 15.0. The van der Waals surface area contributed by atoms with E-state index in [2.05, 4.69) is 10.2 Å². The molecule has 5 heteroatoms. The quantitative estimate of drug-likeness (QED) is 0.860. The molecule has 2 fully saturated rings. The first-order chi connectivity index (χ1) is 12.0. The summed E-state index contributed by atoms with van der Waals surface area (Å²) in [6.07, 6.45) is 7.35. The summed E-state index contributed by atoms with van der Waals surface area (Å²) in [6, 6.07) is 6.41. The maximum Gasteiger partial charge on any atom is 0.224 e. The van der Waals surface area contributed by atoms with Crippen molar-refractivity contribution in [3.05, 3.63) is 35.6 Å². The molecule has 1 heterocycles. The average molecular weight is 348 g/mol. The van der Waals surface area contributed by atoms with E-state index in [9.17, 15) is 14.3 Å². The van der Waals surface area contributed by atoms with Crippen LogP contribution in [-0.4, -0.2) is 41.6 Å². The molecule has 2 unspecified atom stereocenters. The maximum atomic E-state index is 13.0. The molecule has 1 aliphatic carbocycles. The second-order valence-electron chi connectivity index (χ2n) is 7.77. The van der Waals surface area contributed by atoms with Gasteiger partial charge in [0.25, 0.3) is 0 Å². The van der Waals surface area contributed by atoms with Gasteiger partial charge in [0.1, 0.15) is 11.4 Å². The zero-order valence-corrected chi connectivity index (χ0v) is 15.0. The summed E-state index contributed by atoms with van der Waals surface area (Å²) >= 11 is 0. The highest BCUT2D eigenvalue weighted by Crippen LogP contribution is 2.28. The van der Waals surface area contributed by atoms with Gasteiger partial charge in [0.2, 0.25) is 5.91 Å². The second kappa shape index (κ2) is 7.83. The fraction of sp³-hybridized carbons (Fsp3) is 0.650. The highest BCUT2D eigenvalue weighted by atomic mass is 19.1. The minimum Gasteiger partial charge on any atom is -0.384 e. The molecule has 1 amide bonds. The number of carbonyl (C=O) groups excluding carboxylic acids is 1. The Bertz CT molecular complexity index is 582. The van der Waals surface area contributed by atoms with Gasteiger partial charge in [0, 0.05) is 12.6 Å². The van der Waals surface area contributed by atoms with Crippen molar-refractivity contribution in [3.8, 4) is 0 Å². The van der Waals surface area contributed by atoms with Crippen molar-refractivity contribution in [2.24, 2.45) is 5.92 Å². The summed E-state index contributed by atoms with van der Waals surface area (Å²) in [6.45, 7) is 3.60. The highest BCUT2D eigenvalue weighted by Gasteiger charge is 2.33. The summed E-state index contributed by atoms with van der Waals surface area (Å²) in [5, 5.41) is 13.5. The Hall–Kier alpha value is -1.46. The van der Waals surface area contributed by atoms with Crippen molar-refractivity contribution in [1.29, 1.82) is 0 Å². The summed E-state index contributed by atoms with van der Waals surface area (Å²) < 4.78 is 13.0. The lowest BCUT2D eigenvalue weighted by Crippen LogP contribution is -2.42. The summed E-state index contributed by atoms with van der Waals surface area (Å²) in [5.41, 5.74) is -0.602. The van der Waals surface area contributed by atoms with E-state index in [1.54, 1.807) is 19.1 Å². The molecule has 2 N–H and O–H groups in total. The Kier molecular flexibility index (Phi) is 5.74. The third-order valence-electron chi connectivity index (χ3n) is 5.75. The van der Waals surface area contributed by atoms with E-state index in [1.807, 2.05) is 0 Å². The van der Waals surface area contributed by atoms with Crippen LogP contribution in [0.3, 0.4) is 0 Å². The number of nitrogens with one attached hydrogen (secondary N) is 1. The first kappa shape index (κ1) is 18.3. The molecule has 0 aromatic heterocycles. The van der Waals surface area contributed by atoms with Gasteiger partial charge in [-0.25, -0.2) is 4.39 Å². The normalized spacial score (nSPS) is 24.8.